The summed E-state index contributed by atoms with van der Waals surface area (Å²) in [6.45, 7) is 6.03. The van der Waals surface area contributed by atoms with Crippen molar-refractivity contribution in [2.24, 2.45) is 0 Å². The topological polar surface area (TPSA) is 60.1 Å². The molecule has 25 heavy (non-hydrogen) atoms. The summed E-state index contributed by atoms with van der Waals surface area (Å²) in [5, 5.41) is 7.66. The molecular weight excluding hydrogens is 338 g/mol. The van der Waals surface area contributed by atoms with Crippen LogP contribution in [0.1, 0.15) is 46.1 Å². The quantitative estimate of drug-likeness (QED) is 0.741. The predicted octanol–water partition coefficient (Wildman–Crippen LogP) is 4.29. The highest BCUT2D eigenvalue weighted by molar-refractivity contribution is 6.33. The molecule has 1 N–H and O–H groups in total. The molecular formula is C19H20ClN3O2. The SMILES string of the molecule is Cc1ccc(C(C)NC(=O)c2c(C)nn(Cc3ccccc3)c2Cl)o1. The second-order valence-electron chi connectivity index (χ2n) is 6.04. The number of nitrogens with zero attached hydrogens (tertiary/aromatic N) is 2. The Morgan fingerprint density at radius 1 is 1.24 bits per heavy atom. The van der Waals surface area contributed by atoms with E-state index < -0.39 is 0 Å². The lowest BCUT2D eigenvalue weighted by Crippen LogP contribution is -2.27. The van der Waals surface area contributed by atoms with E-state index in [0.29, 0.717) is 28.7 Å². The Kier molecular flexibility index (Phi) is 4.95. The highest BCUT2D eigenvalue weighted by Gasteiger charge is 2.22. The van der Waals surface area contributed by atoms with Crippen LogP contribution in [0, 0.1) is 13.8 Å². The molecule has 5 nitrogen and oxygen atoms in total. The standard InChI is InChI=1S/C19H20ClN3O2/c1-12-9-10-16(25-12)13(2)21-19(24)17-14(3)22-23(18(17)20)11-15-7-5-4-6-8-15/h4-10,13H,11H2,1-3H3,(H,21,24). The third kappa shape index (κ3) is 3.77. The summed E-state index contributed by atoms with van der Waals surface area (Å²) in [6, 6.07) is 13.3. The summed E-state index contributed by atoms with van der Waals surface area (Å²) in [6.07, 6.45) is 0. The molecule has 0 aliphatic heterocycles. The molecule has 0 spiro atoms. The van der Waals surface area contributed by atoms with Gasteiger partial charge in [0.05, 0.1) is 23.8 Å². The number of halogens is 1. The predicted molar refractivity (Wildman–Crippen MR) is 96.8 cm³/mol. The van der Waals surface area contributed by atoms with Gasteiger partial charge in [-0.3, -0.25) is 4.79 Å². The van der Waals surface area contributed by atoms with E-state index in [9.17, 15) is 4.79 Å². The fourth-order valence-electron chi connectivity index (χ4n) is 2.70. The number of hydrogen-bond acceptors (Lipinski definition) is 3. The lowest BCUT2D eigenvalue weighted by Gasteiger charge is -2.11. The van der Waals surface area contributed by atoms with E-state index in [1.54, 1.807) is 11.6 Å². The molecule has 0 aliphatic rings. The number of rotatable bonds is 5. The summed E-state index contributed by atoms with van der Waals surface area (Å²) in [5.41, 5.74) is 2.06. The average Bonchev–Trinajstić information content (AvgIpc) is 3.12. The van der Waals surface area contributed by atoms with E-state index in [1.165, 1.54) is 0 Å². The molecule has 0 fully saturated rings. The molecule has 2 heterocycles. The van der Waals surface area contributed by atoms with Gasteiger partial charge < -0.3 is 9.73 Å². The summed E-state index contributed by atoms with van der Waals surface area (Å²) in [4.78, 5) is 12.7. The number of benzene rings is 1. The number of amides is 1. The van der Waals surface area contributed by atoms with Crippen LogP contribution in [0.25, 0.3) is 0 Å². The maximum Gasteiger partial charge on any atom is 0.256 e. The number of nitrogens with one attached hydrogen (secondary N) is 1. The minimum Gasteiger partial charge on any atom is -0.464 e. The van der Waals surface area contributed by atoms with Crippen molar-refractivity contribution in [2.75, 3.05) is 0 Å². The lowest BCUT2D eigenvalue weighted by molar-refractivity contribution is 0.0934. The van der Waals surface area contributed by atoms with Crippen molar-refractivity contribution in [3.63, 3.8) is 0 Å². The van der Waals surface area contributed by atoms with E-state index in [1.807, 2.05) is 56.3 Å². The van der Waals surface area contributed by atoms with Gasteiger partial charge in [-0.25, -0.2) is 4.68 Å². The van der Waals surface area contributed by atoms with Gasteiger partial charge in [-0.05, 0) is 38.5 Å². The Balaban J connectivity index is 1.78. The van der Waals surface area contributed by atoms with Gasteiger partial charge in [0.25, 0.3) is 5.91 Å². The van der Waals surface area contributed by atoms with Crippen LogP contribution in [-0.2, 0) is 6.54 Å². The molecule has 130 valence electrons. The summed E-state index contributed by atoms with van der Waals surface area (Å²) < 4.78 is 7.20. The van der Waals surface area contributed by atoms with Gasteiger partial charge in [-0.2, -0.15) is 5.10 Å². The van der Waals surface area contributed by atoms with Crippen LogP contribution >= 0.6 is 11.6 Å². The van der Waals surface area contributed by atoms with Crippen molar-refractivity contribution in [3.05, 3.63) is 76.0 Å². The zero-order chi connectivity index (χ0) is 18.0. The van der Waals surface area contributed by atoms with E-state index >= 15 is 0 Å². The third-order valence-electron chi connectivity index (χ3n) is 4.00. The molecule has 2 aromatic heterocycles. The monoisotopic (exact) mass is 357 g/mol. The molecule has 3 aromatic rings. The molecule has 0 aliphatic carbocycles. The summed E-state index contributed by atoms with van der Waals surface area (Å²) in [7, 11) is 0. The second-order valence-corrected chi connectivity index (χ2v) is 6.40. The van der Waals surface area contributed by atoms with Gasteiger partial charge in [0, 0.05) is 0 Å². The largest absolute Gasteiger partial charge is 0.464 e. The smallest absolute Gasteiger partial charge is 0.256 e. The van der Waals surface area contributed by atoms with Crippen LogP contribution in [0.15, 0.2) is 46.9 Å². The first-order chi connectivity index (χ1) is 12.0. The number of carbonyl (C=O) groups excluding carboxylic acids is 1. The maximum atomic E-state index is 12.7. The number of furan rings is 1. The molecule has 1 atom stereocenters. The van der Waals surface area contributed by atoms with Gasteiger partial charge in [0.2, 0.25) is 0 Å². The van der Waals surface area contributed by atoms with Crippen molar-refractivity contribution < 1.29 is 9.21 Å². The Labute approximate surface area is 151 Å². The van der Waals surface area contributed by atoms with E-state index in [4.69, 9.17) is 16.0 Å². The first-order valence-electron chi connectivity index (χ1n) is 8.09. The number of carbonyl (C=O) groups is 1. The first-order valence-corrected chi connectivity index (χ1v) is 8.47. The lowest BCUT2D eigenvalue weighted by atomic mass is 10.2. The Hall–Kier alpha value is -2.53. The minimum absolute atomic E-state index is 0.255. The number of hydrogen-bond donors (Lipinski definition) is 1. The Bertz CT molecular complexity index is 883. The van der Waals surface area contributed by atoms with Gasteiger partial charge in [0.15, 0.2) is 0 Å². The zero-order valence-corrected chi connectivity index (χ0v) is 15.2. The van der Waals surface area contributed by atoms with Crippen molar-refractivity contribution >= 4 is 17.5 Å². The first kappa shape index (κ1) is 17.3. The third-order valence-corrected chi connectivity index (χ3v) is 4.39. The van der Waals surface area contributed by atoms with E-state index in [2.05, 4.69) is 10.4 Å². The van der Waals surface area contributed by atoms with Crippen LogP contribution < -0.4 is 5.32 Å². The summed E-state index contributed by atoms with van der Waals surface area (Å²) in [5.74, 6) is 1.25. The summed E-state index contributed by atoms with van der Waals surface area (Å²) >= 11 is 6.42. The highest BCUT2D eigenvalue weighted by atomic mass is 35.5. The molecule has 0 saturated heterocycles. The van der Waals surface area contributed by atoms with Gasteiger partial charge in [0.1, 0.15) is 16.7 Å². The highest BCUT2D eigenvalue weighted by Crippen LogP contribution is 2.23. The molecule has 0 bridgehead atoms. The minimum atomic E-state index is -0.261. The molecule has 1 unspecified atom stereocenters. The van der Waals surface area contributed by atoms with Crippen molar-refractivity contribution in [2.45, 2.75) is 33.4 Å². The number of aromatic nitrogens is 2. The Morgan fingerprint density at radius 3 is 2.60 bits per heavy atom. The molecule has 1 aromatic carbocycles. The van der Waals surface area contributed by atoms with Crippen LogP contribution in [0.3, 0.4) is 0 Å². The van der Waals surface area contributed by atoms with Crippen molar-refractivity contribution in [1.82, 2.24) is 15.1 Å². The van der Waals surface area contributed by atoms with Crippen LogP contribution in [0.5, 0.6) is 0 Å². The van der Waals surface area contributed by atoms with Crippen LogP contribution in [0.4, 0.5) is 0 Å². The van der Waals surface area contributed by atoms with Gasteiger partial charge in [-0.1, -0.05) is 41.9 Å². The van der Waals surface area contributed by atoms with Crippen LogP contribution in [0.2, 0.25) is 5.15 Å². The fourth-order valence-corrected chi connectivity index (χ4v) is 3.02. The van der Waals surface area contributed by atoms with Crippen LogP contribution in [-0.4, -0.2) is 15.7 Å². The second kappa shape index (κ2) is 7.15. The van der Waals surface area contributed by atoms with Gasteiger partial charge >= 0.3 is 0 Å². The van der Waals surface area contributed by atoms with Crippen molar-refractivity contribution in [3.8, 4) is 0 Å². The average molecular weight is 358 g/mol. The maximum absolute atomic E-state index is 12.7. The molecule has 1 amide bonds. The molecule has 3 rings (SSSR count). The molecule has 6 heteroatoms. The van der Waals surface area contributed by atoms with Gasteiger partial charge in [-0.15, -0.1) is 0 Å². The molecule has 0 radical (unpaired) electrons. The Morgan fingerprint density at radius 2 is 1.96 bits per heavy atom. The fraction of sp³-hybridized carbons (Fsp3) is 0.263. The van der Waals surface area contributed by atoms with E-state index in [-0.39, 0.29) is 11.9 Å². The van der Waals surface area contributed by atoms with E-state index in [0.717, 1.165) is 11.3 Å². The zero-order valence-electron chi connectivity index (χ0n) is 14.4. The number of aryl methyl sites for hydroxylation is 2. The molecule has 0 saturated carbocycles. The van der Waals surface area contributed by atoms with Crippen molar-refractivity contribution in [1.29, 1.82) is 0 Å². The normalized spacial score (nSPS) is 12.2.